The summed E-state index contributed by atoms with van der Waals surface area (Å²) in [6.45, 7) is 12.1. The Hall–Kier alpha value is -2.69. The van der Waals surface area contributed by atoms with Gasteiger partial charge in [-0.25, -0.2) is 0 Å². The summed E-state index contributed by atoms with van der Waals surface area (Å²) in [4.78, 5) is 9.76. The van der Waals surface area contributed by atoms with Crippen LogP contribution in [0.15, 0.2) is 72.9 Å². The van der Waals surface area contributed by atoms with Crippen molar-refractivity contribution >= 4 is 0 Å². The van der Waals surface area contributed by atoms with E-state index in [1.807, 2.05) is 18.3 Å². The van der Waals surface area contributed by atoms with Gasteiger partial charge in [-0.15, -0.1) is 0 Å². The van der Waals surface area contributed by atoms with E-state index in [0.29, 0.717) is 5.92 Å². The van der Waals surface area contributed by atoms with E-state index in [-0.39, 0.29) is 0 Å². The van der Waals surface area contributed by atoms with Gasteiger partial charge in [-0.2, -0.15) is 0 Å². The Morgan fingerprint density at radius 2 is 1.47 bits per heavy atom. The minimum atomic E-state index is 0.632. The number of hydrogen-bond donors (Lipinski definition) is 0. The molecule has 0 amide bonds. The first-order valence-electron chi connectivity index (χ1n) is 12.8. The van der Waals surface area contributed by atoms with Gasteiger partial charge in [0.1, 0.15) is 5.75 Å². The number of benzene rings is 2. The monoisotopic (exact) mass is 457 g/mol. The van der Waals surface area contributed by atoms with Gasteiger partial charge >= 0.3 is 0 Å². The van der Waals surface area contributed by atoms with Crippen LogP contribution < -0.4 is 4.74 Å². The fourth-order valence-electron chi connectivity index (χ4n) is 4.44. The predicted molar refractivity (Wildman–Crippen MR) is 141 cm³/mol. The van der Waals surface area contributed by atoms with Crippen LogP contribution >= 0.6 is 0 Å². The van der Waals surface area contributed by atoms with E-state index in [1.165, 1.54) is 11.1 Å². The molecule has 0 unspecified atom stereocenters. The van der Waals surface area contributed by atoms with Gasteiger partial charge in [0.25, 0.3) is 0 Å². The lowest BCUT2D eigenvalue weighted by molar-refractivity contribution is 0.134. The first kappa shape index (κ1) is 24.4. The molecule has 3 aromatic rings. The number of hydrogen-bond acceptors (Lipinski definition) is 4. The third-order valence-corrected chi connectivity index (χ3v) is 6.68. The summed E-state index contributed by atoms with van der Waals surface area (Å²) < 4.78 is 6.25. The van der Waals surface area contributed by atoms with Gasteiger partial charge in [0, 0.05) is 51.0 Å². The van der Waals surface area contributed by atoms with Crippen molar-refractivity contribution in [3.05, 3.63) is 84.1 Å². The topological polar surface area (TPSA) is 28.6 Å². The molecular weight excluding hydrogens is 418 g/mol. The summed E-state index contributed by atoms with van der Waals surface area (Å²) in [5, 5.41) is 0. The SMILES string of the molecule is CC(C)CCOc1cc(CCN2CCN(CCc3ccccc3)CC2)ccc1-c1ccccn1. The van der Waals surface area contributed by atoms with E-state index >= 15 is 0 Å². The molecule has 4 nitrogen and oxygen atoms in total. The van der Waals surface area contributed by atoms with Gasteiger partial charge in [0.15, 0.2) is 0 Å². The van der Waals surface area contributed by atoms with Crippen molar-refractivity contribution in [2.45, 2.75) is 33.1 Å². The first-order chi connectivity index (χ1) is 16.7. The van der Waals surface area contributed by atoms with Crippen molar-refractivity contribution < 1.29 is 4.74 Å². The van der Waals surface area contributed by atoms with Crippen LogP contribution in [0.3, 0.4) is 0 Å². The van der Waals surface area contributed by atoms with Gasteiger partial charge in [-0.1, -0.05) is 56.3 Å². The molecule has 0 radical (unpaired) electrons. The molecule has 4 heteroatoms. The quantitative estimate of drug-likeness (QED) is 0.376. The molecule has 0 N–H and O–H groups in total. The average Bonchev–Trinajstić information content (AvgIpc) is 2.88. The molecule has 4 rings (SSSR count). The van der Waals surface area contributed by atoms with Crippen LogP contribution in [0.2, 0.25) is 0 Å². The Labute approximate surface area is 205 Å². The highest BCUT2D eigenvalue weighted by molar-refractivity contribution is 5.67. The lowest BCUT2D eigenvalue weighted by Crippen LogP contribution is -2.47. The molecule has 1 saturated heterocycles. The molecule has 0 spiro atoms. The summed E-state index contributed by atoms with van der Waals surface area (Å²) >= 11 is 0. The molecule has 2 aromatic carbocycles. The van der Waals surface area contributed by atoms with Crippen molar-refractivity contribution in [1.82, 2.24) is 14.8 Å². The number of nitrogens with zero attached hydrogens (tertiary/aromatic N) is 3. The fourth-order valence-corrected chi connectivity index (χ4v) is 4.44. The molecule has 0 saturated carbocycles. The molecule has 1 aliphatic rings. The highest BCUT2D eigenvalue weighted by atomic mass is 16.5. The fraction of sp³-hybridized carbons (Fsp3) is 0.433. The van der Waals surface area contributed by atoms with Crippen LogP contribution in [0.25, 0.3) is 11.3 Å². The maximum Gasteiger partial charge on any atom is 0.128 e. The summed E-state index contributed by atoms with van der Waals surface area (Å²) in [6, 6.07) is 23.5. The highest BCUT2D eigenvalue weighted by Crippen LogP contribution is 2.30. The minimum absolute atomic E-state index is 0.632. The summed E-state index contributed by atoms with van der Waals surface area (Å²) in [6.07, 6.45) is 5.09. The molecule has 0 bridgehead atoms. The van der Waals surface area contributed by atoms with E-state index < -0.39 is 0 Å². The van der Waals surface area contributed by atoms with Crippen LogP contribution in [0.4, 0.5) is 0 Å². The lowest BCUT2D eigenvalue weighted by Gasteiger charge is -2.34. The van der Waals surface area contributed by atoms with E-state index in [1.54, 1.807) is 0 Å². The van der Waals surface area contributed by atoms with Gasteiger partial charge in [-0.05, 0) is 60.6 Å². The number of ether oxygens (including phenoxy) is 1. The van der Waals surface area contributed by atoms with E-state index in [2.05, 4.69) is 83.2 Å². The second-order valence-electron chi connectivity index (χ2n) is 9.75. The van der Waals surface area contributed by atoms with E-state index in [9.17, 15) is 0 Å². The van der Waals surface area contributed by atoms with Crippen LogP contribution in [-0.2, 0) is 12.8 Å². The zero-order valence-electron chi connectivity index (χ0n) is 20.8. The van der Waals surface area contributed by atoms with Crippen LogP contribution in [0.5, 0.6) is 5.75 Å². The molecular formula is C30H39N3O. The molecule has 1 fully saturated rings. The Kier molecular flexibility index (Phi) is 9.12. The minimum Gasteiger partial charge on any atom is -0.493 e. The van der Waals surface area contributed by atoms with Gasteiger partial charge < -0.3 is 14.5 Å². The average molecular weight is 458 g/mol. The molecule has 1 aliphatic heterocycles. The smallest absolute Gasteiger partial charge is 0.128 e. The van der Waals surface area contributed by atoms with E-state index in [0.717, 1.165) is 82.1 Å². The lowest BCUT2D eigenvalue weighted by atomic mass is 10.0. The van der Waals surface area contributed by atoms with Crippen molar-refractivity contribution in [2.75, 3.05) is 45.9 Å². The Bertz CT molecular complexity index is 982. The number of piperazine rings is 1. The van der Waals surface area contributed by atoms with Gasteiger partial charge in [0.2, 0.25) is 0 Å². The number of aromatic nitrogens is 1. The normalized spacial score (nSPS) is 15.0. The molecule has 0 atom stereocenters. The standard InChI is InChI=1S/C30H39N3O/c1-25(2)15-23-34-30-24-27(11-12-28(30)29-10-6-7-16-31-29)14-18-33-21-19-32(20-22-33)17-13-26-8-4-3-5-9-26/h3-12,16,24-25H,13-15,17-23H2,1-2H3. The number of pyridine rings is 1. The zero-order chi connectivity index (χ0) is 23.6. The largest absolute Gasteiger partial charge is 0.493 e. The third-order valence-electron chi connectivity index (χ3n) is 6.68. The van der Waals surface area contributed by atoms with Crippen LogP contribution in [0, 0.1) is 5.92 Å². The number of rotatable bonds is 11. The van der Waals surface area contributed by atoms with Crippen molar-refractivity contribution in [1.29, 1.82) is 0 Å². The summed E-state index contributed by atoms with van der Waals surface area (Å²) in [5.41, 5.74) is 4.83. The predicted octanol–water partition coefficient (Wildman–Crippen LogP) is 5.58. The Morgan fingerprint density at radius 1 is 0.794 bits per heavy atom. The summed E-state index contributed by atoms with van der Waals surface area (Å²) in [7, 11) is 0. The van der Waals surface area contributed by atoms with E-state index in [4.69, 9.17) is 4.74 Å². The first-order valence-corrected chi connectivity index (χ1v) is 12.8. The highest BCUT2D eigenvalue weighted by Gasteiger charge is 2.17. The van der Waals surface area contributed by atoms with Crippen LogP contribution in [0.1, 0.15) is 31.4 Å². The van der Waals surface area contributed by atoms with Crippen LogP contribution in [-0.4, -0.2) is 60.7 Å². The van der Waals surface area contributed by atoms with Gasteiger partial charge in [-0.3, -0.25) is 4.98 Å². The Morgan fingerprint density at radius 3 is 2.12 bits per heavy atom. The molecule has 0 aliphatic carbocycles. The maximum atomic E-state index is 6.25. The maximum absolute atomic E-state index is 6.25. The summed E-state index contributed by atoms with van der Waals surface area (Å²) in [5.74, 6) is 1.59. The Balaban J connectivity index is 1.29. The van der Waals surface area contributed by atoms with Crippen molar-refractivity contribution in [3.8, 4) is 17.0 Å². The second-order valence-corrected chi connectivity index (χ2v) is 9.75. The second kappa shape index (κ2) is 12.7. The third kappa shape index (κ3) is 7.41. The van der Waals surface area contributed by atoms with Crippen molar-refractivity contribution in [2.24, 2.45) is 5.92 Å². The zero-order valence-corrected chi connectivity index (χ0v) is 20.8. The molecule has 1 aromatic heterocycles. The molecule has 2 heterocycles. The molecule has 34 heavy (non-hydrogen) atoms. The van der Waals surface area contributed by atoms with Crippen molar-refractivity contribution in [3.63, 3.8) is 0 Å². The van der Waals surface area contributed by atoms with Gasteiger partial charge in [0.05, 0.1) is 12.3 Å². The molecule has 180 valence electrons.